The molecule has 78 valence electrons. The molecule has 1 saturated heterocycles. The van der Waals surface area contributed by atoms with Gasteiger partial charge >= 0.3 is 12.1 Å². The molecule has 6 heteroatoms. The standard InChI is InChI=1S/C7H10F5N/c1-4-2-3-13-5(4)6(8,9)7(10,11)12/h4-5,13H,2-3H2,1H3. The zero-order chi connectivity index (χ0) is 10.3. The minimum absolute atomic E-state index is 0.220. The lowest BCUT2D eigenvalue weighted by Crippen LogP contribution is -2.53. The van der Waals surface area contributed by atoms with E-state index in [9.17, 15) is 22.0 Å². The van der Waals surface area contributed by atoms with Crippen LogP contribution in [0.3, 0.4) is 0 Å². The minimum Gasteiger partial charge on any atom is -0.308 e. The van der Waals surface area contributed by atoms with Crippen LogP contribution in [0, 0.1) is 5.92 Å². The normalized spacial score (nSPS) is 30.9. The van der Waals surface area contributed by atoms with Crippen LogP contribution in [0.25, 0.3) is 0 Å². The smallest absolute Gasteiger partial charge is 0.308 e. The monoisotopic (exact) mass is 203 g/mol. The molecule has 0 spiro atoms. The van der Waals surface area contributed by atoms with Gasteiger partial charge in [0.1, 0.15) is 0 Å². The number of hydrogen-bond donors (Lipinski definition) is 1. The maximum Gasteiger partial charge on any atom is 0.454 e. The molecule has 2 atom stereocenters. The first kappa shape index (κ1) is 10.7. The molecule has 1 rings (SSSR count). The summed E-state index contributed by atoms with van der Waals surface area (Å²) in [6.45, 7) is 1.61. The van der Waals surface area contributed by atoms with E-state index >= 15 is 0 Å². The highest BCUT2D eigenvalue weighted by molar-refractivity contribution is 4.96. The second-order valence-corrected chi connectivity index (χ2v) is 3.32. The van der Waals surface area contributed by atoms with Crippen molar-refractivity contribution < 1.29 is 22.0 Å². The quantitative estimate of drug-likeness (QED) is 0.644. The lowest BCUT2D eigenvalue weighted by molar-refractivity contribution is -0.294. The van der Waals surface area contributed by atoms with Crippen molar-refractivity contribution in [1.29, 1.82) is 0 Å². The maximum absolute atomic E-state index is 12.7. The first-order valence-corrected chi connectivity index (χ1v) is 3.94. The van der Waals surface area contributed by atoms with E-state index < -0.39 is 24.1 Å². The van der Waals surface area contributed by atoms with Gasteiger partial charge in [0.05, 0.1) is 6.04 Å². The van der Waals surface area contributed by atoms with Crippen molar-refractivity contribution in [2.75, 3.05) is 6.54 Å². The Hall–Kier alpha value is -0.390. The Morgan fingerprint density at radius 1 is 1.15 bits per heavy atom. The van der Waals surface area contributed by atoms with Crippen molar-refractivity contribution in [1.82, 2.24) is 5.32 Å². The van der Waals surface area contributed by atoms with Crippen molar-refractivity contribution in [2.24, 2.45) is 5.92 Å². The van der Waals surface area contributed by atoms with Crippen LogP contribution >= 0.6 is 0 Å². The molecular formula is C7H10F5N. The molecule has 2 unspecified atom stereocenters. The number of nitrogens with one attached hydrogen (secondary N) is 1. The molecule has 1 aliphatic heterocycles. The van der Waals surface area contributed by atoms with Crippen LogP contribution in [0.2, 0.25) is 0 Å². The van der Waals surface area contributed by atoms with E-state index in [0.717, 1.165) is 0 Å². The lowest BCUT2D eigenvalue weighted by atomic mass is 9.97. The van der Waals surface area contributed by atoms with E-state index in [-0.39, 0.29) is 6.54 Å². The summed E-state index contributed by atoms with van der Waals surface area (Å²) in [4.78, 5) is 0. The molecule has 0 aromatic carbocycles. The fourth-order valence-electron chi connectivity index (χ4n) is 1.50. The molecule has 1 nitrogen and oxygen atoms in total. The predicted molar refractivity (Wildman–Crippen MR) is 36.6 cm³/mol. The summed E-state index contributed by atoms with van der Waals surface area (Å²) in [6.07, 6.45) is -5.10. The number of halogens is 5. The van der Waals surface area contributed by atoms with Crippen LogP contribution < -0.4 is 5.32 Å². The molecule has 13 heavy (non-hydrogen) atoms. The average molecular weight is 203 g/mol. The Morgan fingerprint density at radius 3 is 2.00 bits per heavy atom. The Kier molecular flexibility index (Phi) is 2.53. The van der Waals surface area contributed by atoms with Gasteiger partial charge in [-0.3, -0.25) is 0 Å². The molecule has 0 radical (unpaired) electrons. The third-order valence-corrected chi connectivity index (χ3v) is 2.30. The Labute approximate surface area is 72.3 Å². The molecule has 0 saturated carbocycles. The van der Waals surface area contributed by atoms with Gasteiger partial charge in [-0.2, -0.15) is 22.0 Å². The second-order valence-electron chi connectivity index (χ2n) is 3.32. The van der Waals surface area contributed by atoms with Gasteiger partial charge in [0.2, 0.25) is 0 Å². The van der Waals surface area contributed by atoms with Crippen LogP contribution in [0.4, 0.5) is 22.0 Å². The summed E-state index contributed by atoms with van der Waals surface area (Å²) < 4.78 is 61.0. The Balaban J connectivity index is 2.80. The van der Waals surface area contributed by atoms with E-state index in [4.69, 9.17) is 0 Å². The highest BCUT2D eigenvalue weighted by Gasteiger charge is 2.64. The summed E-state index contributed by atoms with van der Waals surface area (Å²) in [7, 11) is 0. The number of rotatable bonds is 1. The summed E-state index contributed by atoms with van der Waals surface area (Å²) in [6, 6.07) is -1.77. The van der Waals surface area contributed by atoms with Crippen molar-refractivity contribution in [3.05, 3.63) is 0 Å². The first-order chi connectivity index (χ1) is 5.77. The van der Waals surface area contributed by atoms with Crippen molar-refractivity contribution in [3.63, 3.8) is 0 Å². The maximum atomic E-state index is 12.7. The van der Waals surface area contributed by atoms with Gasteiger partial charge in [-0.1, -0.05) is 6.92 Å². The molecule has 1 fully saturated rings. The van der Waals surface area contributed by atoms with Gasteiger partial charge in [0.25, 0.3) is 0 Å². The number of alkyl halides is 5. The van der Waals surface area contributed by atoms with Gasteiger partial charge in [-0.25, -0.2) is 0 Å². The van der Waals surface area contributed by atoms with E-state index in [1.54, 1.807) is 0 Å². The fraction of sp³-hybridized carbons (Fsp3) is 1.00. The third-order valence-electron chi connectivity index (χ3n) is 2.30. The molecule has 0 amide bonds. The van der Waals surface area contributed by atoms with E-state index in [1.165, 1.54) is 6.92 Å². The molecule has 1 aliphatic rings. The molecule has 0 aromatic heterocycles. The van der Waals surface area contributed by atoms with Crippen molar-refractivity contribution in [3.8, 4) is 0 Å². The van der Waals surface area contributed by atoms with Crippen LogP contribution in [-0.2, 0) is 0 Å². The molecule has 0 aliphatic carbocycles. The number of hydrogen-bond acceptors (Lipinski definition) is 1. The summed E-state index contributed by atoms with van der Waals surface area (Å²) in [5.41, 5.74) is 0. The average Bonchev–Trinajstić information content (AvgIpc) is 2.32. The molecule has 0 bridgehead atoms. The highest BCUT2D eigenvalue weighted by atomic mass is 19.4. The van der Waals surface area contributed by atoms with Crippen LogP contribution in [0.5, 0.6) is 0 Å². The SMILES string of the molecule is CC1CCNC1C(F)(F)C(F)(F)F. The second kappa shape index (κ2) is 3.08. The zero-order valence-electron chi connectivity index (χ0n) is 6.96. The highest BCUT2D eigenvalue weighted by Crippen LogP contribution is 2.42. The zero-order valence-corrected chi connectivity index (χ0v) is 6.96. The summed E-state index contributed by atoms with van der Waals surface area (Å²) in [5.74, 6) is -5.26. The molecular weight excluding hydrogens is 193 g/mol. The van der Waals surface area contributed by atoms with Crippen molar-refractivity contribution >= 4 is 0 Å². The van der Waals surface area contributed by atoms with Crippen LogP contribution in [0.1, 0.15) is 13.3 Å². The van der Waals surface area contributed by atoms with Gasteiger partial charge < -0.3 is 5.32 Å². The third kappa shape index (κ3) is 1.77. The van der Waals surface area contributed by atoms with Crippen LogP contribution in [0.15, 0.2) is 0 Å². The van der Waals surface area contributed by atoms with E-state index in [1.807, 2.05) is 0 Å². The summed E-state index contributed by atoms with van der Waals surface area (Å²) in [5, 5.41) is 2.18. The molecule has 0 aromatic rings. The van der Waals surface area contributed by atoms with E-state index in [2.05, 4.69) is 5.32 Å². The van der Waals surface area contributed by atoms with E-state index in [0.29, 0.717) is 6.42 Å². The minimum atomic E-state index is -5.46. The predicted octanol–water partition coefficient (Wildman–Crippen LogP) is 2.18. The van der Waals surface area contributed by atoms with Gasteiger partial charge in [-0.05, 0) is 18.9 Å². The van der Waals surface area contributed by atoms with Gasteiger partial charge in [0, 0.05) is 0 Å². The molecule has 1 heterocycles. The fourth-order valence-corrected chi connectivity index (χ4v) is 1.50. The largest absolute Gasteiger partial charge is 0.454 e. The Bertz CT molecular complexity index is 188. The van der Waals surface area contributed by atoms with Crippen LogP contribution in [-0.4, -0.2) is 24.7 Å². The topological polar surface area (TPSA) is 12.0 Å². The summed E-state index contributed by atoms with van der Waals surface area (Å²) >= 11 is 0. The lowest BCUT2D eigenvalue weighted by Gasteiger charge is -2.28. The Morgan fingerprint density at radius 2 is 1.69 bits per heavy atom. The van der Waals surface area contributed by atoms with Gasteiger partial charge in [-0.15, -0.1) is 0 Å². The van der Waals surface area contributed by atoms with Crippen molar-refractivity contribution in [2.45, 2.75) is 31.5 Å². The molecule has 1 N–H and O–H groups in total. The first-order valence-electron chi connectivity index (χ1n) is 3.94. The van der Waals surface area contributed by atoms with Gasteiger partial charge in [0.15, 0.2) is 0 Å².